The molecule has 2 N–H and O–H groups in total. The number of carbonyl (C=O) groups excluding carboxylic acids is 1. The third-order valence-electron chi connectivity index (χ3n) is 3.34. The van der Waals surface area contributed by atoms with Gasteiger partial charge < -0.3 is 10.6 Å². The largest absolute Gasteiger partial charge is 0.384 e. The number of carbonyl (C=O) groups is 1. The lowest BCUT2D eigenvalue weighted by Gasteiger charge is -2.12. The summed E-state index contributed by atoms with van der Waals surface area (Å²) in [6.45, 7) is 4.41. The van der Waals surface area contributed by atoms with Gasteiger partial charge in [-0.25, -0.2) is 8.78 Å². The Morgan fingerprint density at radius 1 is 1.09 bits per heavy atom. The SMILES string of the molecule is Cc1cccc(C)c1NCCC(=O)Nc1ccc(F)cc1F. The van der Waals surface area contributed by atoms with Crippen molar-refractivity contribution in [1.29, 1.82) is 0 Å². The molecule has 0 bridgehead atoms. The Kier molecular flexibility index (Phi) is 5.09. The van der Waals surface area contributed by atoms with Gasteiger partial charge in [0.05, 0.1) is 5.69 Å². The molecule has 3 nitrogen and oxygen atoms in total. The van der Waals surface area contributed by atoms with Gasteiger partial charge in [-0.2, -0.15) is 0 Å². The molecule has 0 saturated heterocycles. The standard InChI is InChI=1S/C17H18F2N2O/c1-11-4-3-5-12(2)17(11)20-9-8-16(22)21-15-7-6-13(18)10-14(15)19/h3-7,10,20H,8-9H2,1-2H3,(H,21,22). The fraction of sp³-hybridized carbons (Fsp3) is 0.235. The van der Waals surface area contributed by atoms with Crippen molar-refractivity contribution in [3.05, 3.63) is 59.2 Å². The first kappa shape index (κ1) is 15.9. The summed E-state index contributed by atoms with van der Waals surface area (Å²) in [5.41, 5.74) is 3.19. The number of hydrogen-bond donors (Lipinski definition) is 2. The van der Waals surface area contributed by atoms with Crippen molar-refractivity contribution >= 4 is 17.3 Å². The minimum Gasteiger partial charge on any atom is -0.384 e. The summed E-state index contributed by atoms with van der Waals surface area (Å²) in [5.74, 6) is -1.78. The van der Waals surface area contributed by atoms with E-state index in [1.165, 1.54) is 6.07 Å². The van der Waals surface area contributed by atoms with Gasteiger partial charge in [0.2, 0.25) is 5.91 Å². The summed E-state index contributed by atoms with van der Waals surface area (Å²) in [7, 11) is 0. The summed E-state index contributed by atoms with van der Waals surface area (Å²) in [4.78, 5) is 11.8. The normalized spacial score (nSPS) is 10.4. The van der Waals surface area contributed by atoms with E-state index in [1.54, 1.807) is 0 Å². The number of hydrogen-bond acceptors (Lipinski definition) is 2. The average molecular weight is 304 g/mol. The van der Waals surface area contributed by atoms with Crippen molar-refractivity contribution in [3.63, 3.8) is 0 Å². The second-order valence-corrected chi connectivity index (χ2v) is 5.12. The molecule has 2 aromatic rings. The molecule has 0 spiro atoms. The first-order chi connectivity index (χ1) is 10.5. The highest BCUT2D eigenvalue weighted by Crippen LogP contribution is 2.19. The lowest BCUT2D eigenvalue weighted by molar-refractivity contribution is -0.116. The van der Waals surface area contributed by atoms with Gasteiger partial charge in [0, 0.05) is 24.7 Å². The van der Waals surface area contributed by atoms with Crippen LogP contribution in [-0.2, 0) is 4.79 Å². The molecule has 0 heterocycles. The molecule has 0 radical (unpaired) electrons. The van der Waals surface area contributed by atoms with E-state index in [0.29, 0.717) is 6.54 Å². The van der Waals surface area contributed by atoms with Crippen molar-refractivity contribution in [2.24, 2.45) is 0 Å². The molecule has 5 heteroatoms. The highest BCUT2D eigenvalue weighted by Gasteiger charge is 2.08. The maximum Gasteiger partial charge on any atom is 0.226 e. The predicted molar refractivity (Wildman–Crippen MR) is 84.0 cm³/mol. The summed E-state index contributed by atoms with van der Waals surface area (Å²) in [6, 6.07) is 9.01. The lowest BCUT2D eigenvalue weighted by Crippen LogP contribution is -2.17. The number of amides is 1. The molecule has 22 heavy (non-hydrogen) atoms. The highest BCUT2D eigenvalue weighted by molar-refractivity contribution is 5.91. The zero-order valence-corrected chi connectivity index (χ0v) is 12.5. The Hall–Kier alpha value is -2.43. The molecular formula is C17H18F2N2O. The Balaban J connectivity index is 1.88. The van der Waals surface area contributed by atoms with Crippen LogP contribution < -0.4 is 10.6 Å². The van der Waals surface area contributed by atoms with E-state index < -0.39 is 11.6 Å². The molecule has 116 valence electrons. The van der Waals surface area contributed by atoms with E-state index in [1.807, 2.05) is 32.0 Å². The molecule has 0 atom stereocenters. The van der Waals surface area contributed by atoms with Gasteiger partial charge in [0.25, 0.3) is 0 Å². The van der Waals surface area contributed by atoms with Crippen molar-refractivity contribution < 1.29 is 13.6 Å². The molecule has 0 fully saturated rings. The van der Waals surface area contributed by atoms with E-state index in [2.05, 4.69) is 10.6 Å². The Morgan fingerprint density at radius 2 is 1.77 bits per heavy atom. The smallest absolute Gasteiger partial charge is 0.226 e. The second kappa shape index (κ2) is 7.02. The molecule has 0 aliphatic rings. The number of nitrogens with one attached hydrogen (secondary N) is 2. The van der Waals surface area contributed by atoms with Crippen molar-refractivity contribution in [2.75, 3.05) is 17.2 Å². The van der Waals surface area contributed by atoms with Crippen LogP contribution in [0.5, 0.6) is 0 Å². The predicted octanol–water partition coefficient (Wildman–Crippen LogP) is 4.02. The van der Waals surface area contributed by atoms with Crippen LogP contribution in [-0.4, -0.2) is 12.5 Å². The second-order valence-electron chi connectivity index (χ2n) is 5.12. The van der Waals surface area contributed by atoms with Gasteiger partial charge in [-0.05, 0) is 37.1 Å². The van der Waals surface area contributed by atoms with Crippen molar-refractivity contribution in [2.45, 2.75) is 20.3 Å². The van der Waals surface area contributed by atoms with Gasteiger partial charge >= 0.3 is 0 Å². The Labute approximate surface area is 128 Å². The van der Waals surface area contributed by atoms with Gasteiger partial charge in [-0.1, -0.05) is 18.2 Å². The van der Waals surface area contributed by atoms with Crippen molar-refractivity contribution in [1.82, 2.24) is 0 Å². The monoisotopic (exact) mass is 304 g/mol. The molecule has 2 rings (SSSR count). The summed E-state index contributed by atoms with van der Waals surface area (Å²) in [6.07, 6.45) is 0.185. The van der Waals surface area contributed by atoms with E-state index in [-0.39, 0.29) is 18.0 Å². The zero-order chi connectivity index (χ0) is 16.1. The summed E-state index contributed by atoms with van der Waals surface area (Å²) >= 11 is 0. The van der Waals surface area contributed by atoms with Crippen LogP contribution in [0, 0.1) is 25.5 Å². The lowest BCUT2D eigenvalue weighted by atomic mass is 10.1. The number of halogens is 2. The van der Waals surface area contributed by atoms with Gasteiger partial charge in [0.15, 0.2) is 0 Å². The van der Waals surface area contributed by atoms with Gasteiger partial charge in [-0.15, -0.1) is 0 Å². The third-order valence-corrected chi connectivity index (χ3v) is 3.34. The zero-order valence-electron chi connectivity index (χ0n) is 12.5. The number of anilines is 2. The molecular weight excluding hydrogens is 286 g/mol. The minimum atomic E-state index is -0.781. The Morgan fingerprint density at radius 3 is 2.41 bits per heavy atom. The fourth-order valence-electron chi connectivity index (χ4n) is 2.20. The van der Waals surface area contributed by atoms with E-state index in [0.717, 1.165) is 28.9 Å². The first-order valence-corrected chi connectivity index (χ1v) is 7.02. The Bertz CT molecular complexity index is 666. The van der Waals surface area contributed by atoms with Crippen LogP contribution in [0.25, 0.3) is 0 Å². The van der Waals surface area contributed by atoms with Gasteiger partial charge in [-0.3, -0.25) is 4.79 Å². The molecule has 0 aromatic heterocycles. The molecule has 1 amide bonds. The van der Waals surface area contributed by atoms with Crippen LogP contribution in [0.4, 0.5) is 20.2 Å². The van der Waals surface area contributed by atoms with Crippen LogP contribution in [0.15, 0.2) is 36.4 Å². The van der Waals surface area contributed by atoms with Crippen LogP contribution in [0.3, 0.4) is 0 Å². The molecule has 0 unspecified atom stereocenters. The maximum absolute atomic E-state index is 13.4. The van der Waals surface area contributed by atoms with E-state index >= 15 is 0 Å². The third kappa shape index (κ3) is 4.04. The van der Waals surface area contributed by atoms with Crippen LogP contribution >= 0.6 is 0 Å². The van der Waals surface area contributed by atoms with E-state index in [9.17, 15) is 13.6 Å². The number of rotatable bonds is 5. The molecule has 2 aromatic carbocycles. The van der Waals surface area contributed by atoms with Crippen LogP contribution in [0.2, 0.25) is 0 Å². The molecule has 0 aliphatic heterocycles. The average Bonchev–Trinajstić information content (AvgIpc) is 2.45. The molecule has 0 saturated carbocycles. The van der Waals surface area contributed by atoms with Crippen LogP contribution in [0.1, 0.15) is 17.5 Å². The van der Waals surface area contributed by atoms with Gasteiger partial charge in [0.1, 0.15) is 11.6 Å². The maximum atomic E-state index is 13.4. The highest BCUT2D eigenvalue weighted by atomic mass is 19.1. The number of aryl methyl sites for hydroxylation is 2. The minimum absolute atomic E-state index is 0.0153. The number of para-hydroxylation sites is 1. The van der Waals surface area contributed by atoms with Crippen molar-refractivity contribution in [3.8, 4) is 0 Å². The molecule has 0 aliphatic carbocycles. The summed E-state index contributed by atoms with van der Waals surface area (Å²) < 4.78 is 26.2. The first-order valence-electron chi connectivity index (χ1n) is 7.02. The quantitative estimate of drug-likeness (QED) is 0.876. The summed E-state index contributed by atoms with van der Waals surface area (Å²) in [5, 5.41) is 5.64. The van der Waals surface area contributed by atoms with E-state index in [4.69, 9.17) is 0 Å². The fourth-order valence-corrected chi connectivity index (χ4v) is 2.20. The number of benzene rings is 2. The topological polar surface area (TPSA) is 41.1 Å².